The van der Waals surface area contributed by atoms with Crippen molar-refractivity contribution < 1.29 is 24.2 Å². The van der Waals surface area contributed by atoms with Gasteiger partial charge >= 0.3 is 6.09 Å². The maximum atomic E-state index is 12.4. The average molecular weight is 535 g/mol. The van der Waals surface area contributed by atoms with Crippen LogP contribution in [0, 0.1) is 14.9 Å². The fraction of sp³-hybridized carbons (Fsp3) is 0.318. The summed E-state index contributed by atoms with van der Waals surface area (Å²) in [6, 6.07) is 13.3. The Hall–Kier alpha value is -2.84. The number of carbonyl (C=O) groups excluding carboxylic acids is 2. The van der Waals surface area contributed by atoms with Crippen molar-refractivity contribution in [1.82, 2.24) is 0 Å². The van der Waals surface area contributed by atoms with E-state index in [0.717, 1.165) is 0 Å². The van der Waals surface area contributed by atoms with Crippen LogP contribution >= 0.6 is 22.6 Å². The van der Waals surface area contributed by atoms with Gasteiger partial charge in [0.2, 0.25) is 0 Å². The minimum atomic E-state index is -1.80. The average Bonchev–Trinajstić information content (AvgIpc) is 2.66. The van der Waals surface area contributed by atoms with Crippen molar-refractivity contribution in [1.29, 1.82) is 5.26 Å². The molecule has 0 aliphatic rings. The smallest absolute Gasteiger partial charge is 0.412 e. The van der Waals surface area contributed by atoms with Crippen LogP contribution in [0.4, 0.5) is 16.2 Å². The number of carbonyl (C=O) groups is 2. The van der Waals surface area contributed by atoms with Crippen LogP contribution in [0.5, 0.6) is 5.75 Å². The molecule has 0 radical (unpaired) electrons. The number of hydrogen-bond acceptors (Lipinski definition) is 6. The lowest BCUT2D eigenvalue weighted by Crippen LogP contribution is -2.45. The molecule has 164 valence electrons. The van der Waals surface area contributed by atoms with Gasteiger partial charge < -0.3 is 19.9 Å². The summed E-state index contributed by atoms with van der Waals surface area (Å²) in [4.78, 5) is 24.2. The Balaban J connectivity index is 1.92. The molecule has 0 unspecified atom stereocenters. The van der Waals surface area contributed by atoms with Crippen LogP contribution in [0.15, 0.2) is 42.5 Å². The van der Waals surface area contributed by atoms with Gasteiger partial charge in [-0.15, -0.1) is 0 Å². The third-order valence-electron chi connectivity index (χ3n) is 3.86. The molecule has 8 nitrogen and oxygen atoms in total. The van der Waals surface area contributed by atoms with Crippen LogP contribution in [-0.4, -0.2) is 34.9 Å². The Morgan fingerprint density at radius 2 is 1.68 bits per heavy atom. The molecule has 0 aliphatic heterocycles. The lowest BCUT2D eigenvalue weighted by Gasteiger charge is -2.23. The van der Waals surface area contributed by atoms with Gasteiger partial charge in [-0.05, 0) is 92.8 Å². The molecule has 31 heavy (non-hydrogen) atoms. The van der Waals surface area contributed by atoms with Crippen LogP contribution in [0.1, 0.15) is 33.3 Å². The zero-order valence-electron chi connectivity index (χ0n) is 17.7. The molecular weight excluding hydrogens is 511 g/mol. The molecule has 2 amide bonds. The van der Waals surface area contributed by atoms with Crippen LogP contribution in [0.2, 0.25) is 0 Å². The maximum absolute atomic E-state index is 12.4. The molecule has 2 rings (SSSR count). The molecule has 2 aromatic rings. The van der Waals surface area contributed by atoms with E-state index in [9.17, 15) is 14.7 Å². The highest BCUT2D eigenvalue weighted by atomic mass is 125. The summed E-state index contributed by atoms with van der Waals surface area (Å²) in [6.07, 6.45) is -0.571. The third kappa shape index (κ3) is 7.73. The standard InChI is InChI=1S/C22H24IN3O5/c1-21(2,3)31-20(28)26-15-7-9-17(10-8-15)30-13-22(4,29)19(27)25-16-6-5-14(12-24)18(23)11-16/h5-11,29H,13H2,1-4H3,(H,25,27)(H,26,28)/t22-/m0/s1/i23-2. The van der Waals surface area contributed by atoms with E-state index >= 15 is 0 Å². The topological polar surface area (TPSA) is 121 Å². The molecule has 9 heteroatoms. The molecule has 0 saturated carbocycles. The first-order valence-electron chi connectivity index (χ1n) is 9.36. The zero-order chi connectivity index (χ0) is 23.2. The summed E-state index contributed by atoms with van der Waals surface area (Å²) in [6.45, 7) is 6.37. The molecule has 0 aromatic heterocycles. The molecule has 0 heterocycles. The number of nitrogens with one attached hydrogen (secondary N) is 2. The maximum Gasteiger partial charge on any atom is 0.412 e. The first-order chi connectivity index (χ1) is 14.4. The summed E-state index contributed by atoms with van der Waals surface area (Å²) in [5.41, 5.74) is -0.923. The lowest BCUT2D eigenvalue weighted by atomic mass is 10.1. The minimum absolute atomic E-state index is 0.287. The van der Waals surface area contributed by atoms with Gasteiger partial charge in [-0.2, -0.15) is 5.26 Å². The molecule has 3 N–H and O–H groups in total. The highest BCUT2D eigenvalue weighted by molar-refractivity contribution is 14.1. The van der Waals surface area contributed by atoms with Gasteiger partial charge in [0, 0.05) is 14.9 Å². The van der Waals surface area contributed by atoms with E-state index in [0.29, 0.717) is 26.3 Å². The third-order valence-corrected chi connectivity index (χ3v) is 4.75. The van der Waals surface area contributed by atoms with Crippen molar-refractivity contribution in [3.8, 4) is 11.8 Å². The monoisotopic (exact) mass is 535 g/mol. The van der Waals surface area contributed by atoms with E-state index in [1.54, 1.807) is 63.2 Å². The predicted molar refractivity (Wildman–Crippen MR) is 125 cm³/mol. The summed E-state index contributed by atoms with van der Waals surface area (Å²) in [7, 11) is 0. The summed E-state index contributed by atoms with van der Waals surface area (Å²) in [5, 5.41) is 24.7. The van der Waals surface area contributed by atoms with Gasteiger partial charge in [0.15, 0.2) is 5.60 Å². The minimum Gasteiger partial charge on any atom is -0.490 e. The van der Waals surface area contributed by atoms with Crippen molar-refractivity contribution in [2.24, 2.45) is 0 Å². The number of anilines is 2. The van der Waals surface area contributed by atoms with Crippen molar-refractivity contribution in [3.63, 3.8) is 0 Å². The van der Waals surface area contributed by atoms with E-state index in [-0.39, 0.29) is 6.61 Å². The van der Waals surface area contributed by atoms with Crippen LogP contribution < -0.4 is 15.4 Å². The van der Waals surface area contributed by atoms with E-state index in [1.807, 2.05) is 28.7 Å². The molecule has 0 bridgehead atoms. The zero-order valence-corrected chi connectivity index (χ0v) is 19.8. The van der Waals surface area contributed by atoms with Crippen molar-refractivity contribution in [3.05, 3.63) is 51.6 Å². The highest BCUT2D eigenvalue weighted by Crippen LogP contribution is 2.21. The van der Waals surface area contributed by atoms with E-state index in [4.69, 9.17) is 14.7 Å². The van der Waals surface area contributed by atoms with Gasteiger partial charge in [-0.25, -0.2) is 4.79 Å². The van der Waals surface area contributed by atoms with E-state index in [1.165, 1.54) is 6.92 Å². The van der Waals surface area contributed by atoms with Crippen molar-refractivity contribution in [2.75, 3.05) is 17.2 Å². The van der Waals surface area contributed by atoms with Crippen molar-refractivity contribution in [2.45, 2.75) is 38.9 Å². The van der Waals surface area contributed by atoms with Crippen molar-refractivity contribution >= 4 is 46.0 Å². The van der Waals surface area contributed by atoms with Crippen LogP contribution in [0.3, 0.4) is 0 Å². The highest BCUT2D eigenvalue weighted by Gasteiger charge is 2.31. The Kier molecular flexibility index (Phi) is 7.86. The Bertz CT molecular complexity index is 992. The van der Waals surface area contributed by atoms with Crippen LogP contribution in [-0.2, 0) is 9.53 Å². The molecule has 0 fully saturated rings. The Labute approximate surface area is 194 Å². The number of nitriles is 1. The number of rotatable bonds is 6. The molecule has 0 aliphatic carbocycles. The largest absolute Gasteiger partial charge is 0.490 e. The summed E-state index contributed by atoms with van der Waals surface area (Å²) >= 11 is 2.00. The molecule has 2 aromatic carbocycles. The SMILES string of the molecule is CC(C)(C)OC(=O)Nc1ccc(OC[C@](C)(O)C(=O)Nc2ccc(C#N)c([125I])c2)cc1. The van der Waals surface area contributed by atoms with E-state index in [2.05, 4.69) is 10.6 Å². The molecule has 1 atom stereocenters. The van der Waals surface area contributed by atoms with Gasteiger partial charge in [-0.1, -0.05) is 0 Å². The van der Waals surface area contributed by atoms with Gasteiger partial charge in [0.25, 0.3) is 5.91 Å². The number of aliphatic hydroxyl groups is 1. The van der Waals surface area contributed by atoms with E-state index < -0.39 is 23.2 Å². The lowest BCUT2D eigenvalue weighted by molar-refractivity contribution is -0.135. The molecule has 0 saturated heterocycles. The summed E-state index contributed by atoms with van der Waals surface area (Å²) in [5.74, 6) is -0.230. The number of ether oxygens (including phenoxy) is 2. The number of nitrogens with zero attached hydrogens (tertiary/aromatic N) is 1. The van der Waals surface area contributed by atoms with Gasteiger partial charge in [0.1, 0.15) is 24.0 Å². The fourth-order valence-electron chi connectivity index (χ4n) is 2.29. The second kappa shape index (κ2) is 9.98. The fourth-order valence-corrected chi connectivity index (χ4v) is 2.93. The molecule has 0 spiro atoms. The number of hydrogen-bond donors (Lipinski definition) is 3. The number of halogens is 1. The predicted octanol–water partition coefficient (Wildman–Crippen LogP) is 4.28. The number of benzene rings is 2. The normalized spacial score (nSPS) is 12.8. The summed E-state index contributed by atoms with van der Waals surface area (Å²) < 4.78 is 11.4. The number of amides is 2. The Morgan fingerprint density at radius 3 is 2.23 bits per heavy atom. The first-order valence-corrected chi connectivity index (χ1v) is 10.4. The first kappa shape index (κ1) is 24.4. The molecular formula is C22H24IN3O5. The van der Waals surface area contributed by atoms with Gasteiger partial charge in [0.05, 0.1) is 5.56 Å². The Morgan fingerprint density at radius 1 is 1.06 bits per heavy atom. The second-order valence-corrected chi connectivity index (χ2v) is 9.14. The van der Waals surface area contributed by atoms with Crippen LogP contribution in [0.25, 0.3) is 0 Å². The van der Waals surface area contributed by atoms with Gasteiger partial charge in [-0.3, -0.25) is 10.1 Å². The quantitative estimate of drug-likeness (QED) is 0.475. The second-order valence-electron chi connectivity index (χ2n) is 7.97.